The average Bonchev–Trinajstić information content (AvgIpc) is 3.16. The molecule has 0 aliphatic carbocycles. The maximum Gasteiger partial charge on any atom is 0.321 e. The molecule has 8 nitrogen and oxygen atoms in total. The summed E-state index contributed by atoms with van der Waals surface area (Å²) in [7, 11) is 1.48. The molecule has 0 spiro atoms. The fraction of sp³-hybridized carbons (Fsp3) is 0.476. The molecule has 1 aliphatic rings. The lowest BCUT2D eigenvalue weighted by atomic mass is 9.94. The lowest BCUT2D eigenvalue weighted by Gasteiger charge is -2.32. The van der Waals surface area contributed by atoms with E-state index < -0.39 is 0 Å². The normalized spacial score (nSPS) is 16.7. The molecule has 2 heterocycles. The zero-order chi connectivity index (χ0) is 20.8. The highest BCUT2D eigenvalue weighted by atomic mass is 16.5. The first-order valence-electron chi connectivity index (χ1n) is 9.96. The minimum Gasteiger partial charge on any atom is -0.375 e. The van der Waals surface area contributed by atoms with Crippen molar-refractivity contribution < 1.29 is 14.3 Å². The Hall–Kier alpha value is -2.87. The number of urea groups is 1. The van der Waals surface area contributed by atoms with E-state index in [0.29, 0.717) is 24.7 Å². The van der Waals surface area contributed by atoms with Gasteiger partial charge in [-0.2, -0.15) is 5.10 Å². The van der Waals surface area contributed by atoms with Crippen LogP contribution in [0.15, 0.2) is 30.5 Å². The van der Waals surface area contributed by atoms with E-state index in [4.69, 9.17) is 4.74 Å². The number of H-pyrrole nitrogens is 1. The van der Waals surface area contributed by atoms with Crippen molar-refractivity contribution in [3.63, 3.8) is 0 Å². The van der Waals surface area contributed by atoms with Crippen molar-refractivity contribution in [2.45, 2.75) is 38.5 Å². The van der Waals surface area contributed by atoms with E-state index in [9.17, 15) is 9.59 Å². The number of likely N-dealkylation sites (tertiary alicyclic amines) is 1. The fourth-order valence-corrected chi connectivity index (χ4v) is 3.60. The van der Waals surface area contributed by atoms with Gasteiger partial charge in [0.15, 0.2) is 0 Å². The molecule has 0 saturated carbocycles. The predicted molar refractivity (Wildman–Crippen MR) is 112 cm³/mol. The molecule has 3 rings (SSSR count). The summed E-state index contributed by atoms with van der Waals surface area (Å²) < 4.78 is 4.86. The molecule has 2 aromatic rings. The Bertz CT molecular complexity index is 848. The minimum atomic E-state index is -0.231. The highest BCUT2D eigenvalue weighted by Crippen LogP contribution is 2.30. The van der Waals surface area contributed by atoms with Crippen LogP contribution in [0.3, 0.4) is 0 Å². The van der Waals surface area contributed by atoms with Crippen LogP contribution in [0, 0.1) is 0 Å². The molecular formula is C21H29N5O3. The number of anilines is 2. The van der Waals surface area contributed by atoms with Crippen molar-refractivity contribution in [1.29, 1.82) is 0 Å². The molecule has 3 N–H and O–H groups in total. The number of rotatable bonds is 6. The number of ether oxygens (including phenoxy) is 1. The van der Waals surface area contributed by atoms with Gasteiger partial charge in [0.05, 0.1) is 17.6 Å². The molecule has 8 heteroatoms. The Morgan fingerprint density at radius 2 is 2.17 bits per heavy atom. The minimum absolute atomic E-state index is 0.0146. The van der Waals surface area contributed by atoms with Gasteiger partial charge in [-0.05, 0) is 36.5 Å². The second-order valence-corrected chi connectivity index (χ2v) is 7.67. The Morgan fingerprint density at radius 1 is 1.34 bits per heavy atom. The number of benzene rings is 1. The summed E-state index contributed by atoms with van der Waals surface area (Å²) in [5.41, 5.74) is 3.48. The Morgan fingerprint density at radius 3 is 2.93 bits per heavy atom. The largest absolute Gasteiger partial charge is 0.375 e. The third-order valence-electron chi connectivity index (χ3n) is 5.14. The number of piperidine rings is 1. The molecule has 29 heavy (non-hydrogen) atoms. The number of amides is 3. The van der Waals surface area contributed by atoms with Crippen LogP contribution in [0.25, 0.3) is 0 Å². The number of aromatic amines is 1. The molecule has 1 atom stereocenters. The molecule has 3 amide bonds. The van der Waals surface area contributed by atoms with Crippen LogP contribution in [0.1, 0.15) is 49.8 Å². The van der Waals surface area contributed by atoms with Gasteiger partial charge in [0.1, 0.15) is 6.61 Å². The lowest BCUT2D eigenvalue weighted by Crippen LogP contribution is -2.41. The van der Waals surface area contributed by atoms with Gasteiger partial charge in [-0.25, -0.2) is 4.79 Å². The smallest absolute Gasteiger partial charge is 0.321 e. The second kappa shape index (κ2) is 9.56. The van der Waals surface area contributed by atoms with E-state index in [-0.39, 0.29) is 24.5 Å². The molecule has 1 saturated heterocycles. The highest BCUT2D eigenvalue weighted by Gasteiger charge is 2.28. The summed E-state index contributed by atoms with van der Waals surface area (Å²) in [6, 6.07) is 7.84. The van der Waals surface area contributed by atoms with E-state index in [2.05, 4.69) is 40.7 Å². The van der Waals surface area contributed by atoms with Gasteiger partial charge >= 0.3 is 6.03 Å². The van der Waals surface area contributed by atoms with Crippen LogP contribution >= 0.6 is 0 Å². The van der Waals surface area contributed by atoms with Crippen LogP contribution in [0.2, 0.25) is 0 Å². The van der Waals surface area contributed by atoms with E-state index in [1.807, 2.05) is 23.1 Å². The van der Waals surface area contributed by atoms with Gasteiger partial charge in [-0.3, -0.25) is 9.89 Å². The van der Waals surface area contributed by atoms with Gasteiger partial charge in [0.2, 0.25) is 5.91 Å². The molecule has 1 fully saturated rings. The van der Waals surface area contributed by atoms with Gasteiger partial charge in [-0.1, -0.05) is 26.0 Å². The van der Waals surface area contributed by atoms with E-state index in [1.165, 1.54) is 12.7 Å². The van der Waals surface area contributed by atoms with Crippen molar-refractivity contribution in [1.82, 2.24) is 15.1 Å². The van der Waals surface area contributed by atoms with Crippen molar-refractivity contribution >= 4 is 23.3 Å². The maximum absolute atomic E-state index is 12.8. The lowest BCUT2D eigenvalue weighted by molar-refractivity contribution is -0.119. The van der Waals surface area contributed by atoms with Crippen molar-refractivity contribution in [3.8, 4) is 0 Å². The number of nitrogens with one attached hydrogen (secondary N) is 3. The molecule has 0 bridgehead atoms. The number of methoxy groups -OCH3 is 1. The summed E-state index contributed by atoms with van der Waals surface area (Å²) >= 11 is 0. The SMILES string of the molecule is COCC(=O)Nc1cn[nH]c1[C@H]1CCCN(C(=O)Nc2cccc(C(C)C)c2)C1. The fourth-order valence-electron chi connectivity index (χ4n) is 3.60. The standard InChI is InChI=1S/C21H29N5O3/c1-14(2)15-6-4-8-17(10-15)23-21(28)26-9-5-7-16(12-26)20-18(11-22-25-20)24-19(27)13-29-3/h4,6,8,10-11,14,16H,5,7,9,12-13H2,1-3H3,(H,22,25)(H,23,28)(H,24,27)/t16-/m0/s1. The van der Waals surface area contributed by atoms with Gasteiger partial charge in [-0.15, -0.1) is 0 Å². The summed E-state index contributed by atoms with van der Waals surface area (Å²) in [6.45, 7) is 5.50. The van der Waals surface area contributed by atoms with E-state index in [0.717, 1.165) is 24.2 Å². The van der Waals surface area contributed by atoms with Crippen LogP contribution in [-0.4, -0.2) is 53.8 Å². The number of hydrogen-bond donors (Lipinski definition) is 3. The van der Waals surface area contributed by atoms with Crippen LogP contribution in [-0.2, 0) is 9.53 Å². The quantitative estimate of drug-likeness (QED) is 0.692. The number of aromatic nitrogens is 2. The van der Waals surface area contributed by atoms with Gasteiger partial charge in [0, 0.05) is 31.8 Å². The molecule has 0 radical (unpaired) electrons. The summed E-state index contributed by atoms with van der Waals surface area (Å²) in [5.74, 6) is 0.251. The molecule has 1 aromatic heterocycles. The summed E-state index contributed by atoms with van der Waals surface area (Å²) in [5, 5.41) is 12.9. The van der Waals surface area contributed by atoms with Crippen molar-refractivity contribution in [3.05, 3.63) is 41.7 Å². The number of nitrogens with zero attached hydrogens (tertiary/aromatic N) is 2. The number of carbonyl (C=O) groups excluding carboxylic acids is 2. The Labute approximate surface area is 171 Å². The zero-order valence-electron chi connectivity index (χ0n) is 17.2. The zero-order valence-corrected chi connectivity index (χ0v) is 17.2. The maximum atomic E-state index is 12.8. The predicted octanol–water partition coefficient (Wildman–Crippen LogP) is 3.53. The summed E-state index contributed by atoms with van der Waals surface area (Å²) in [6.07, 6.45) is 3.40. The third-order valence-corrected chi connectivity index (χ3v) is 5.14. The first-order valence-corrected chi connectivity index (χ1v) is 9.96. The molecule has 156 valence electrons. The Balaban J connectivity index is 1.65. The molecule has 0 unspecified atom stereocenters. The highest BCUT2D eigenvalue weighted by molar-refractivity contribution is 5.92. The first kappa shape index (κ1) is 20.9. The molecule has 1 aliphatic heterocycles. The van der Waals surface area contributed by atoms with Gasteiger partial charge < -0.3 is 20.3 Å². The van der Waals surface area contributed by atoms with Crippen molar-refractivity contribution in [2.75, 3.05) is 37.4 Å². The monoisotopic (exact) mass is 399 g/mol. The molecular weight excluding hydrogens is 370 g/mol. The summed E-state index contributed by atoms with van der Waals surface area (Å²) in [4.78, 5) is 26.5. The van der Waals surface area contributed by atoms with E-state index >= 15 is 0 Å². The topological polar surface area (TPSA) is 99.3 Å². The third kappa shape index (κ3) is 5.35. The number of carbonyl (C=O) groups is 2. The Kier molecular flexibility index (Phi) is 6.87. The van der Waals surface area contributed by atoms with Crippen LogP contribution in [0.5, 0.6) is 0 Å². The number of hydrogen-bond acceptors (Lipinski definition) is 4. The van der Waals surface area contributed by atoms with Gasteiger partial charge in [0.25, 0.3) is 0 Å². The second-order valence-electron chi connectivity index (χ2n) is 7.67. The van der Waals surface area contributed by atoms with Crippen LogP contribution < -0.4 is 10.6 Å². The molecule has 1 aromatic carbocycles. The average molecular weight is 399 g/mol. The van der Waals surface area contributed by atoms with Crippen molar-refractivity contribution in [2.24, 2.45) is 0 Å². The first-order chi connectivity index (χ1) is 14.0. The van der Waals surface area contributed by atoms with Crippen LogP contribution in [0.4, 0.5) is 16.2 Å². The van der Waals surface area contributed by atoms with E-state index in [1.54, 1.807) is 6.20 Å².